The number of fused-ring (bicyclic) bond motifs is 1. The van der Waals surface area contributed by atoms with Crippen LogP contribution in [0.25, 0.3) is 0 Å². The van der Waals surface area contributed by atoms with Crippen molar-refractivity contribution >= 4 is 17.5 Å². The Hall–Kier alpha value is -1.75. The second-order valence-electron chi connectivity index (χ2n) is 4.82. The van der Waals surface area contributed by atoms with E-state index >= 15 is 0 Å². The van der Waals surface area contributed by atoms with Gasteiger partial charge in [-0.05, 0) is 25.3 Å². The van der Waals surface area contributed by atoms with Crippen LogP contribution in [0.15, 0.2) is 18.5 Å². The number of rotatable bonds is 2. The third-order valence-electron chi connectivity index (χ3n) is 3.57. The van der Waals surface area contributed by atoms with Gasteiger partial charge in [0.25, 0.3) is 5.91 Å². The summed E-state index contributed by atoms with van der Waals surface area (Å²) in [5.74, 6) is -0.131. The number of H-pyrrole nitrogens is 1. The number of nitrogens with one attached hydrogen (secondary N) is 2. The normalized spacial score (nSPS) is 18.1. The number of carbonyl (C=O) groups is 1. The largest absolute Gasteiger partial charge is 0.356 e. The average Bonchev–Trinajstić information content (AvgIpc) is 2.98. The third-order valence-corrected chi connectivity index (χ3v) is 3.79. The molecule has 0 saturated heterocycles. The Labute approximate surface area is 116 Å². The van der Waals surface area contributed by atoms with Gasteiger partial charge in [-0.1, -0.05) is 11.6 Å². The van der Waals surface area contributed by atoms with E-state index in [9.17, 15) is 4.79 Å². The lowest BCUT2D eigenvalue weighted by Crippen LogP contribution is -2.31. The minimum absolute atomic E-state index is 0.0343. The van der Waals surface area contributed by atoms with Crippen molar-refractivity contribution in [3.8, 4) is 0 Å². The summed E-state index contributed by atoms with van der Waals surface area (Å²) in [6.07, 6.45) is 6.47. The number of nitrogens with zero attached hydrogens (tertiary/aromatic N) is 2. The molecule has 2 aromatic rings. The van der Waals surface area contributed by atoms with Crippen LogP contribution in [0.5, 0.6) is 0 Å². The number of aryl methyl sites for hydroxylation is 1. The fraction of sp³-hybridized carbons (Fsp3) is 0.385. The van der Waals surface area contributed by atoms with E-state index in [4.69, 9.17) is 11.6 Å². The minimum atomic E-state index is -0.131. The molecule has 100 valence electrons. The van der Waals surface area contributed by atoms with Crippen molar-refractivity contribution in [1.82, 2.24) is 20.1 Å². The zero-order valence-corrected chi connectivity index (χ0v) is 11.4. The van der Waals surface area contributed by atoms with Gasteiger partial charge < -0.3 is 10.3 Å². The summed E-state index contributed by atoms with van der Waals surface area (Å²) in [5, 5.41) is 7.84. The molecule has 0 aromatic carbocycles. The molecule has 1 amide bonds. The van der Waals surface area contributed by atoms with Gasteiger partial charge in [0.15, 0.2) is 0 Å². The van der Waals surface area contributed by atoms with E-state index in [1.165, 1.54) is 5.69 Å². The number of hydrogen-bond donors (Lipinski definition) is 2. The van der Waals surface area contributed by atoms with E-state index in [-0.39, 0.29) is 11.9 Å². The van der Waals surface area contributed by atoms with Gasteiger partial charge in [0.1, 0.15) is 5.69 Å². The van der Waals surface area contributed by atoms with Crippen LogP contribution in [0.4, 0.5) is 0 Å². The summed E-state index contributed by atoms with van der Waals surface area (Å²) in [4.78, 5) is 15.0. The maximum absolute atomic E-state index is 12.1. The Bertz CT molecular complexity index is 616. The van der Waals surface area contributed by atoms with Gasteiger partial charge in [-0.3, -0.25) is 9.48 Å². The van der Waals surface area contributed by atoms with Crippen LogP contribution in [-0.4, -0.2) is 20.7 Å². The van der Waals surface area contributed by atoms with Crippen molar-refractivity contribution in [2.24, 2.45) is 7.05 Å². The predicted molar refractivity (Wildman–Crippen MR) is 72.2 cm³/mol. The second-order valence-corrected chi connectivity index (χ2v) is 5.26. The van der Waals surface area contributed by atoms with Crippen molar-refractivity contribution in [2.45, 2.75) is 25.3 Å². The standard InChI is InChI=1S/C13H15ClN4O/c1-18-12-4-2-3-10(9(12)7-16-18)17-13(19)11-5-8(14)6-15-11/h5-7,10,15H,2-4H2,1H3,(H,17,19). The molecule has 2 heterocycles. The zero-order valence-electron chi connectivity index (χ0n) is 10.6. The molecular weight excluding hydrogens is 264 g/mol. The number of aromatic nitrogens is 3. The van der Waals surface area contributed by atoms with E-state index in [1.54, 1.807) is 12.3 Å². The van der Waals surface area contributed by atoms with Gasteiger partial charge in [-0.2, -0.15) is 5.10 Å². The topological polar surface area (TPSA) is 62.7 Å². The quantitative estimate of drug-likeness (QED) is 0.885. The van der Waals surface area contributed by atoms with Gasteiger partial charge in [0, 0.05) is 24.5 Å². The van der Waals surface area contributed by atoms with Crippen LogP contribution >= 0.6 is 11.6 Å². The van der Waals surface area contributed by atoms with Gasteiger partial charge >= 0.3 is 0 Å². The molecular formula is C13H15ClN4O. The first kappa shape index (κ1) is 12.3. The van der Waals surface area contributed by atoms with Crippen LogP contribution in [0.3, 0.4) is 0 Å². The first-order valence-electron chi connectivity index (χ1n) is 6.30. The van der Waals surface area contributed by atoms with E-state index < -0.39 is 0 Å². The molecule has 0 saturated carbocycles. The van der Waals surface area contributed by atoms with Gasteiger partial charge in [-0.15, -0.1) is 0 Å². The molecule has 1 aliphatic rings. The number of halogens is 1. The molecule has 2 aromatic heterocycles. The van der Waals surface area contributed by atoms with Crippen molar-refractivity contribution in [2.75, 3.05) is 0 Å². The molecule has 0 radical (unpaired) electrons. The molecule has 2 N–H and O–H groups in total. The second kappa shape index (κ2) is 4.74. The molecule has 0 spiro atoms. The van der Waals surface area contributed by atoms with Crippen molar-refractivity contribution in [3.63, 3.8) is 0 Å². The van der Waals surface area contributed by atoms with Crippen LogP contribution < -0.4 is 5.32 Å². The lowest BCUT2D eigenvalue weighted by molar-refractivity contribution is 0.0928. The first-order valence-corrected chi connectivity index (χ1v) is 6.68. The summed E-state index contributed by atoms with van der Waals surface area (Å²) in [6, 6.07) is 1.66. The number of carbonyl (C=O) groups excluding carboxylic acids is 1. The van der Waals surface area contributed by atoms with E-state index in [0.717, 1.165) is 24.8 Å². The molecule has 1 aliphatic carbocycles. The molecule has 6 heteroatoms. The van der Waals surface area contributed by atoms with E-state index in [0.29, 0.717) is 10.7 Å². The van der Waals surface area contributed by atoms with Crippen molar-refractivity contribution < 1.29 is 4.79 Å². The van der Waals surface area contributed by atoms with Crippen LogP contribution in [-0.2, 0) is 13.5 Å². The van der Waals surface area contributed by atoms with E-state index in [2.05, 4.69) is 15.4 Å². The summed E-state index contributed by atoms with van der Waals surface area (Å²) < 4.78 is 1.89. The fourth-order valence-corrected chi connectivity index (χ4v) is 2.75. The van der Waals surface area contributed by atoms with Gasteiger partial charge in [0.2, 0.25) is 0 Å². The van der Waals surface area contributed by atoms with Gasteiger partial charge in [-0.25, -0.2) is 0 Å². The average molecular weight is 279 g/mol. The maximum atomic E-state index is 12.1. The van der Waals surface area contributed by atoms with Crippen LogP contribution in [0, 0.1) is 0 Å². The molecule has 5 nitrogen and oxygen atoms in total. The summed E-state index contributed by atoms with van der Waals surface area (Å²) in [5.41, 5.74) is 2.82. The summed E-state index contributed by atoms with van der Waals surface area (Å²) in [7, 11) is 1.94. The Kier molecular flexibility index (Phi) is 3.06. The molecule has 1 unspecified atom stereocenters. The highest BCUT2D eigenvalue weighted by molar-refractivity contribution is 6.30. The Morgan fingerprint density at radius 3 is 3.21 bits per heavy atom. The number of amides is 1. The monoisotopic (exact) mass is 278 g/mol. The lowest BCUT2D eigenvalue weighted by Gasteiger charge is -2.23. The molecule has 0 aliphatic heterocycles. The Morgan fingerprint density at radius 1 is 1.63 bits per heavy atom. The SMILES string of the molecule is Cn1ncc2c1CCCC2NC(=O)c1cc(Cl)c[nH]1. The minimum Gasteiger partial charge on any atom is -0.356 e. The predicted octanol–water partition coefficient (Wildman–Crippen LogP) is 2.21. The van der Waals surface area contributed by atoms with E-state index in [1.807, 2.05) is 17.9 Å². The number of aromatic amines is 1. The summed E-state index contributed by atoms with van der Waals surface area (Å²) in [6.45, 7) is 0. The smallest absolute Gasteiger partial charge is 0.268 e. The highest BCUT2D eigenvalue weighted by Gasteiger charge is 2.25. The Morgan fingerprint density at radius 2 is 2.47 bits per heavy atom. The lowest BCUT2D eigenvalue weighted by atomic mass is 9.93. The maximum Gasteiger partial charge on any atom is 0.268 e. The van der Waals surface area contributed by atoms with Crippen LogP contribution in [0.1, 0.15) is 40.6 Å². The zero-order chi connectivity index (χ0) is 13.4. The van der Waals surface area contributed by atoms with Crippen molar-refractivity contribution in [1.29, 1.82) is 0 Å². The summed E-state index contributed by atoms with van der Waals surface area (Å²) >= 11 is 5.81. The van der Waals surface area contributed by atoms with Gasteiger partial charge in [0.05, 0.1) is 17.3 Å². The molecule has 1 atom stereocenters. The number of hydrogen-bond acceptors (Lipinski definition) is 2. The van der Waals surface area contributed by atoms with Crippen LogP contribution in [0.2, 0.25) is 5.02 Å². The molecule has 3 rings (SSSR count). The first-order chi connectivity index (χ1) is 9.15. The van der Waals surface area contributed by atoms with Crippen molar-refractivity contribution in [3.05, 3.63) is 40.4 Å². The molecule has 19 heavy (non-hydrogen) atoms. The Balaban J connectivity index is 1.79. The molecule has 0 fully saturated rings. The highest BCUT2D eigenvalue weighted by Crippen LogP contribution is 2.29. The third kappa shape index (κ3) is 2.26. The molecule has 0 bridgehead atoms. The highest BCUT2D eigenvalue weighted by atomic mass is 35.5. The fourth-order valence-electron chi connectivity index (χ4n) is 2.59.